The molecule has 0 aliphatic heterocycles. The molecule has 7 nitrogen and oxygen atoms in total. The Morgan fingerprint density at radius 2 is 1.81 bits per heavy atom. The molecule has 0 unspecified atom stereocenters. The average molecular weight is 513 g/mol. The van der Waals surface area contributed by atoms with Crippen molar-refractivity contribution < 1.29 is 23.9 Å². The van der Waals surface area contributed by atoms with Gasteiger partial charge in [-0.1, -0.05) is 48.2 Å². The second-order valence-corrected chi connectivity index (χ2v) is 10.3. The molecule has 2 aromatic carbocycles. The summed E-state index contributed by atoms with van der Waals surface area (Å²) in [7, 11) is 1.57. The Morgan fingerprint density at radius 1 is 1.08 bits per heavy atom. The Hall–Kier alpha value is -2.84. The number of hydrogen-bond acceptors (Lipinski definition) is 6. The molecule has 0 aromatic heterocycles. The number of thioether (sulfide) groups is 1. The first-order chi connectivity index (χ1) is 17.3. The zero-order chi connectivity index (χ0) is 26.0. The van der Waals surface area contributed by atoms with Crippen molar-refractivity contribution in [2.75, 3.05) is 24.8 Å². The van der Waals surface area contributed by atoms with Gasteiger partial charge in [-0.15, -0.1) is 0 Å². The van der Waals surface area contributed by atoms with Crippen molar-refractivity contribution >= 4 is 34.4 Å². The summed E-state index contributed by atoms with van der Waals surface area (Å²) in [6.45, 7) is 4.12. The topological polar surface area (TPSA) is 93.7 Å². The summed E-state index contributed by atoms with van der Waals surface area (Å²) in [5, 5.41) is 5.94. The Bertz CT molecular complexity index is 1020. The first kappa shape index (κ1) is 27.7. The van der Waals surface area contributed by atoms with E-state index in [2.05, 4.69) is 10.6 Å². The number of benzene rings is 2. The third kappa shape index (κ3) is 7.83. The molecule has 1 atom stereocenters. The average Bonchev–Trinajstić information content (AvgIpc) is 2.88. The highest BCUT2D eigenvalue weighted by molar-refractivity contribution is 8.13. The molecule has 0 bridgehead atoms. The van der Waals surface area contributed by atoms with Crippen LogP contribution in [0.1, 0.15) is 45.1 Å². The van der Waals surface area contributed by atoms with Crippen LogP contribution in [0.25, 0.3) is 0 Å². The molecule has 1 fully saturated rings. The molecule has 0 radical (unpaired) electrons. The molecular weight excluding hydrogens is 476 g/mol. The van der Waals surface area contributed by atoms with E-state index in [-0.39, 0.29) is 23.0 Å². The number of carbonyl (C=O) groups excluding carboxylic acids is 3. The number of carbonyl (C=O) groups is 3. The van der Waals surface area contributed by atoms with E-state index < -0.39 is 11.5 Å². The Kier molecular flexibility index (Phi) is 10.4. The van der Waals surface area contributed by atoms with Gasteiger partial charge in [0.25, 0.3) is 0 Å². The standard InChI is InChI=1S/C28H36N2O5S/c1-4-35-23-13-15-28(16-14-23,19-36-20(2)31)27(33)30-25(17-21-9-6-5-7-10-21)26(32)29-22-11-8-12-24(18-22)34-3/h5-12,18,23,25H,4,13-17,19H2,1-3H3,(H,29,32)(H,30,33)/t23-,25-,28+/m0/s1. The number of amides is 2. The number of anilines is 1. The zero-order valence-corrected chi connectivity index (χ0v) is 22.1. The van der Waals surface area contributed by atoms with Crippen molar-refractivity contribution in [2.45, 2.75) is 58.1 Å². The maximum absolute atomic E-state index is 13.8. The largest absolute Gasteiger partial charge is 0.497 e. The van der Waals surface area contributed by atoms with Gasteiger partial charge in [-0.3, -0.25) is 14.4 Å². The van der Waals surface area contributed by atoms with Gasteiger partial charge >= 0.3 is 0 Å². The summed E-state index contributed by atoms with van der Waals surface area (Å²) in [6, 6.07) is 15.9. The first-order valence-electron chi connectivity index (χ1n) is 12.4. The maximum Gasteiger partial charge on any atom is 0.247 e. The van der Waals surface area contributed by atoms with Crippen molar-refractivity contribution in [2.24, 2.45) is 5.41 Å². The molecule has 1 aliphatic carbocycles. The number of hydrogen-bond donors (Lipinski definition) is 2. The molecule has 194 valence electrons. The Balaban J connectivity index is 1.81. The summed E-state index contributed by atoms with van der Waals surface area (Å²) in [4.78, 5) is 39.0. The van der Waals surface area contributed by atoms with Gasteiger partial charge in [0.1, 0.15) is 11.8 Å². The molecule has 0 heterocycles. The van der Waals surface area contributed by atoms with Crippen LogP contribution in [0.15, 0.2) is 54.6 Å². The van der Waals surface area contributed by atoms with Crippen LogP contribution in [0.4, 0.5) is 5.69 Å². The van der Waals surface area contributed by atoms with Gasteiger partial charge in [0, 0.05) is 37.5 Å². The van der Waals surface area contributed by atoms with Gasteiger partial charge < -0.3 is 20.1 Å². The fourth-order valence-electron chi connectivity index (χ4n) is 4.52. The van der Waals surface area contributed by atoms with Crippen molar-refractivity contribution in [1.82, 2.24) is 5.32 Å². The highest BCUT2D eigenvalue weighted by Crippen LogP contribution is 2.40. The van der Waals surface area contributed by atoms with Crippen molar-refractivity contribution in [3.8, 4) is 5.75 Å². The molecule has 1 aliphatic rings. The van der Waals surface area contributed by atoms with E-state index in [1.165, 1.54) is 18.7 Å². The quantitative estimate of drug-likeness (QED) is 0.457. The van der Waals surface area contributed by atoms with Gasteiger partial charge in [-0.2, -0.15) is 0 Å². The Labute approximate surface area is 217 Å². The normalized spacial score (nSPS) is 20.2. The third-order valence-corrected chi connectivity index (χ3v) is 7.67. The van der Waals surface area contributed by atoms with Crippen LogP contribution in [-0.4, -0.2) is 48.5 Å². The second kappa shape index (κ2) is 13.5. The highest BCUT2D eigenvalue weighted by Gasteiger charge is 2.43. The lowest BCUT2D eigenvalue weighted by atomic mass is 9.73. The van der Waals surface area contributed by atoms with E-state index in [0.717, 1.165) is 18.4 Å². The number of rotatable bonds is 11. The van der Waals surface area contributed by atoms with E-state index in [0.29, 0.717) is 43.1 Å². The molecule has 2 aromatic rings. The molecule has 2 amide bonds. The van der Waals surface area contributed by atoms with Crippen LogP contribution in [0.3, 0.4) is 0 Å². The predicted octanol–water partition coefficient (Wildman–Crippen LogP) is 4.61. The SMILES string of the molecule is CCO[C@H]1CC[C@@](CSC(C)=O)(C(=O)N[C@@H](Cc2ccccc2)C(=O)Nc2cccc(OC)c2)CC1. The molecular formula is C28H36N2O5S. The summed E-state index contributed by atoms with van der Waals surface area (Å²) >= 11 is 1.17. The van der Waals surface area contributed by atoms with Crippen LogP contribution >= 0.6 is 11.8 Å². The minimum absolute atomic E-state index is 0.0225. The van der Waals surface area contributed by atoms with Crippen molar-refractivity contribution in [1.29, 1.82) is 0 Å². The smallest absolute Gasteiger partial charge is 0.247 e. The molecule has 36 heavy (non-hydrogen) atoms. The summed E-state index contributed by atoms with van der Waals surface area (Å²) in [5.41, 5.74) is 0.802. The Morgan fingerprint density at radius 3 is 2.44 bits per heavy atom. The van der Waals surface area contributed by atoms with Crippen LogP contribution in [0.5, 0.6) is 5.75 Å². The van der Waals surface area contributed by atoms with E-state index in [4.69, 9.17) is 9.47 Å². The molecule has 3 rings (SSSR count). The van der Waals surface area contributed by atoms with E-state index in [1.54, 1.807) is 31.4 Å². The monoisotopic (exact) mass is 512 g/mol. The van der Waals surface area contributed by atoms with Crippen molar-refractivity contribution in [3.05, 3.63) is 60.2 Å². The number of nitrogens with one attached hydrogen (secondary N) is 2. The first-order valence-corrected chi connectivity index (χ1v) is 13.4. The highest BCUT2D eigenvalue weighted by atomic mass is 32.2. The molecule has 0 saturated heterocycles. The molecule has 0 spiro atoms. The second-order valence-electron chi connectivity index (χ2n) is 9.15. The summed E-state index contributed by atoms with van der Waals surface area (Å²) in [6.07, 6.45) is 3.19. The molecule has 2 N–H and O–H groups in total. The van der Waals surface area contributed by atoms with Crippen LogP contribution in [-0.2, 0) is 25.5 Å². The third-order valence-electron chi connectivity index (χ3n) is 6.57. The van der Waals surface area contributed by atoms with Crippen LogP contribution < -0.4 is 15.4 Å². The van der Waals surface area contributed by atoms with Crippen LogP contribution in [0.2, 0.25) is 0 Å². The molecule has 1 saturated carbocycles. The predicted molar refractivity (Wildman–Crippen MR) is 143 cm³/mol. The minimum Gasteiger partial charge on any atom is -0.497 e. The van der Waals surface area contributed by atoms with E-state index >= 15 is 0 Å². The van der Waals surface area contributed by atoms with Crippen molar-refractivity contribution in [3.63, 3.8) is 0 Å². The van der Waals surface area contributed by atoms with Gasteiger partial charge in [0.2, 0.25) is 11.8 Å². The fourth-order valence-corrected chi connectivity index (χ4v) is 5.42. The number of ether oxygens (including phenoxy) is 2. The van der Waals surface area contributed by atoms with Gasteiger partial charge in [-0.05, 0) is 50.3 Å². The number of methoxy groups -OCH3 is 1. The van der Waals surface area contributed by atoms with Crippen LogP contribution in [0, 0.1) is 5.41 Å². The summed E-state index contributed by atoms with van der Waals surface area (Å²) < 4.78 is 11.0. The van der Waals surface area contributed by atoms with E-state index in [9.17, 15) is 14.4 Å². The lowest BCUT2D eigenvalue weighted by Gasteiger charge is -2.39. The van der Waals surface area contributed by atoms with Gasteiger partial charge in [-0.25, -0.2) is 0 Å². The minimum atomic E-state index is -0.782. The lowest BCUT2D eigenvalue weighted by Crippen LogP contribution is -2.53. The fraction of sp³-hybridized carbons (Fsp3) is 0.464. The lowest BCUT2D eigenvalue weighted by molar-refractivity contribution is -0.136. The van der Waals surface area contributed by atoms with E-state index in [1.807, 2.05) is 37.3 Å². The van der Waals surface area contributed by atoms with Gasteiger partial charge in [0.05, 0.1) is 18.6 Å². The maximum atomic E-state index is 13.8. The summed E-state index contributed by atoms with van der Waals surface area (Å²) in [5.74, 6) is 0.524. The molecule has 8 heteroatoms. The van der Waals surface area contributed by atoms with Gasteiger partial charge in [0.15, 0.2) is 5.12 Å². The zero-order valence-electron chi connectivity index (χ0n) is 21.3.